The minimum absolute atomic E-state index is 0.117. The zero-order valence-corrected chi connectivity index (χ0v) is 11.6. The van der Waals surface area contributed by atoms with E-state index in [2.05, 4.69) is 20.9 Å². The van der Waals surface area contributed by atoms with Gasteiger partial charge in [-0.3, -0.25) is 4.79 Å². The maximum Gasteiger partial charge on any atom is 0.251 e. The van der Waals surface area contributed by atoms with Gasteiger partial charge in [-0.25, -0.2) is 4.98 Å². The molecule has 19 heavy (non-hydrogen) atoms. The summed E-state index contributed by atoms with van der Waals surface area (Å²) in [4.78, 5) is 16.0. The average molecular weight is 320 g/mol. The maximum absolute atomic E-state index is 11.6. The predicted octanol–water partition coefficient (Wildman–Crippen LogP) is 2.54. The largest absolute Gasteiger partial charge is 0.434 e. The van der Waals surface area contributed by atoms with Crippen molar-refractivity contribution in [1.29, 1.82) is 0 Å². The van der Waals surface area contributed by atoms with Gasteiger partial charge in [-0.1, -0.05) is 15.9 Å². The van der Waals surface area contributed by atoms with Crippen molar-refractivity contribution in [3.8, 4) is 11.5 Å². The molecule has 0 unspecified atom stereocenters. The first kappa shape index (κ1) is 12.0. The molecule has 5 nitrogen and oxygen atoms in total. The summed E-state index contributed by atoms with van der Waals surface area (Å²) in [6.45, 7) is 0. The number of pyridine rings is 1. The molecule has 0 saturated heterocycles. The molecule has 2 N–H and O–H groups in total. The van der Waals surface area contributed by atoms with Crippen LogP contribution in [0.1, 0.15) is 0 Å². The summed E-state index contributed by atoms with van der Waals surface area (Å²) in [5, 5.41) is 0. The normalized spacial score (nSPS) is 11.1. The van der Waals surface area contributed by atoms with Crippen LogP contribution in [0.25, 0.3) is 22.6 Å². The van der Waals surface area contributed by atoms with Gasteiger partial charge in [-0.05, 0) is 18.2 Å². The van der Waals surface area contributed by atoms with Crippen LogP contribution < -0.4 is 11.3 Å². The van der Waals surface area contributed by atoms with Crippen LogP contribution in [0, 0.1) is 0 Å². The molecule has 0 spiro atoms. The number of fused-ring (bicyclic) bond motifs is 1. The molecular weight excluding hydrogens is 310 g/mol. The number of hydrogen-bond acceptors (Lipinski definition) is 4. The first-order valence-electron chi connectivity index (χ1n) is 5.57. The molecule has 0 fully saturated rings. The number of halogens is 1. The highest BCUT2D eigenvalue weighted by Crippen LogP contribution is 2.30. The van der Waals surface area contributed by atoms with E-state index in [0.29, 0.717) is 28.2 Å². The molecular formula is C13H10BrN3O2. The summed E-state index contributed by atoms with van der Waals surface area (Å²) in [5.74, 6) is 0.387. The first-order chi connectivity index (χ1) is 9.04. The lowest BCUT2D eigenvalue weighted by molar-refractivity contribution is 0.620. The van der Waals surface area contributed by atoms with Crippen LogP contribution in [-0.2, 0) is 7.05 Å². The van der Waals surface area contributed by atoms with Crippen LogP contribution in [0.5, 0.6) is 0 Å². The Bertz CT molecular complexity index is 836. The lowest BCUT2D eigenvalue weighted by Crippen LogP contribution is -2.14. The number of aryl methyl sites for hydroxylation is 1. The highest BCUT2D eigenvalue weighted by atomic mass is 79.9. The molecule has 0 aliphatic heterocycles. The van der Waals surface area contributed by atoms with E-state index in [1.165, 1.54) is 10.6 Å². The van der Waals surface area contributed by atoms with Crippen molar-refractivity contribution in [2.45, 2.75) is 0 Å². The summed E-state index contributed by atoms with van der Waals surface area (Å²) in [7, 11) is 1.69. The van der Waals surface area contributed by atoms with Crippen molar-refractivity contribution < 1.29 is 4.42 Å². The SMILES string of the molecule is Cn1ccc(-c2nc3cc(Br)cc(N)c3o2)cc1=O. The second-order valence-electron chi connectivity index (χ2n) is 4.23. The fraction of sp³-hybridized carbons (Fsp3) is 0.0769. The van der Waals surface area contributed by atoms with Gasteiger partial charge in [0.25, 0.3) is 5.56 Å². The van der Waals surface area contributed by atoms with Crippen LogP contribution in [0.15, 0.2) is 44.1 Å². The van der Waals surface area contributed by atoms with E-state index in [0.717, 1.165) is 4.47 Å². The smallest absolute Gasteiger partial charge is 0.251 e. The van der Waals surface area contributed by atoms with Crippen molar-refractivity contribution >= 4 is 32.7 Å². The Labute approximate surface area is 116 Å². The number of hydrogen-bond donors (Lipinski definition) is 1. The van der Waals surface area contributed by atoms with E-state index in [1.807, 2.05) is 6.07 Å². The van der Waals surface area contributed by atoms with Crippen molar-refractivity contribution in [3.05, 3.63) is 45.3 Å². The molecule has 0 radical (unpaired) electrons. The third kappa shape index (κ3) is 2.04. The van der Waals surface area contributed by atoms with Crippen LogP contribution in [0.4, 0.5) is 5.69 Å². The second-order valence-corrected chi connectivity index (χ2v) is 5.14. The summed E-state index contributed by atoms with van der Waals surface area (Å²) < 4.78 is 7.95. The van der Waals surface area contributed by atoms with Crippen LogP contribution >= 0.6 is 15.9 Å². The molecule has 0 amide bonds. The minimum Gasteiger partial charge on any atom is -0.434 e. The third-order valence-electron chi connectivity index (χ3n) is 2.83. The minimum atomic E-state index is -0.117. The number of benzene rings is 1. The Balaban J connectivity index is 2.23. The van der Waals surface area contributed by atoms with E-state index in [4.69, 9.17) is 10.2 Å². The third-order valence-corrected chi connectivity index (χ3v) is 3.29. The number of oxazole rings is 1. The van der Waals surface area contributed by atoms with Gasteiger partial charge in [0.15, 0.2) is 5.58 Å². The topological polar surface area (TPSA) is 74.1 Å². The molecule has 0 bridgehead atoms. The number of anilines is 1. The van der Waals surface area contributed by atoms with Gasteiger partial charge in [0.05, 0.1) is 5.69 Å². The summed E-state index contributed by atoms with van der Waals surface area (Å²) in [6.07, 6.45) is 1.67. The van der Waals surface area contributed by atoms with Crippen molar-refractivity contribution in [2.24, 2.45) is 7.05 Å². The van der Waals surface area contributed by atoms with Crippen LogP contribution in [-0.4, -0.2) is 9.55 Å². The molecule has 3 aromatic rings. The Kier molecular flexibility index (Phi) is 2.67. The zero-order chi connectivity index (χ0) is 13.6. The summed E-state index contributed by atoms with van der Waals surface area (Å²) >= 11 is 3.35. The monoisotopic (exact) mass is 319 g/mol. The Morgan fingerprint density at radius 3 is 2.89 bits per heavy atom. The quantitative estimate of drug-likeness (QED) is 0.699. The fourth-order valence-corrected chi connectivity index (χ4v) is 2.29. The molecule has 0 aliphatic carbocycles. The average Bonchev–Trinajstić information content (AvgIpc) is 2.76. The van der Waals surface area contributed by atoms with Gasteiger partial charge >= 0.3 is 0 Å². The van der Waals surface area contributed by atoms with Gasteiger partial charge < -0.3 is 14.7 Å². The Morgan fingerprint density at radius 2 is 2.16 bits per heavy atom. The van der Waals surface area contributed by atoms with Crippen LogP contribution in [0.2, 0.25) is 0 Å². The number of nitrogens with two attached hydrogens (primary N) is 1. The molecule has 96 valence electrons. The number of aromatic nitrogens is 2. The van der Waals surface area contributed by atoms with Crippen molar-refractivity contribution in [1.82, 2.24) is 9.55 Å². The standard InChI is InChI=1S/C13H10BrN3O2/c1-17-3-2-7(4-11(17)18)13-16-10-6-8(14)5-9(15)12(10)19-13/h2-6H,15H2,1H3. The molecule has 0 saturated carbocycles. The molecule has 2 heterocycles. The van der Waals surface area contributed by atoms with Gasteiger partial charge in [0.2, 0.25) is 5.89 Å². The lowest BCUT2D eigenvalue weighted by atomic mass is 10.2. The number of nitrogen functional groups attached to an aromatic ring is 1. The first-order valence-corrected chi connectivity index (χ1v) is 6.36. The van der Waals surface area contributed by atoms with E-state index in [9.17, 15) is 4.79 Å². The van der Waals surface area contributed by atoms with Crippen molar-refractivity contribution in [2.75, 3.05) is 5.73 Å². The van der Waals surface area contributed by atoms with E-state index in [-0.39, 0.29) is 5.56 Å². The van der Waals surface area contributed by atoms with E-state index < -0.39 is 0 Å². The van der Waals surface area contributed by atoms with Gasteiger partial charge in [-0.2, -0.15) is 0 Å². The zero-order valence-electron chi connectivity index (χ0n) is 10.1. The second kappa shape index (κ2) is 4.24. The molecule has 6 heteroatoms. The maximum atomic E-state index is 11.6. The van der Waals surface area contributed by atoms with Gasteiger partial charge in [0.1, 0.15) is 5.52 Å². The fourth-order valence-electron chi connectivity index (χ4n) is 1.83. The van der Waals surface area contributed by atoms with E-state index >= 15 is 0 Å². The highest BCUT2D eigenvalue weighted by molar-refractivity contribution is 9.10. The van der Waals surface area contributed by atoms with Gasteiger partial charge in [-0.15, -0.1) is 0 Å². The van der Waals surface area contributed by atoms with Crippen molar-refractivity contribution in [3.63, 3.8) is 0 Å². The lowest BCUT2D eigenvalue weighted by Gasteiger charge is -1.97. The molecule has 1 aromatic carbocycles. The Morgan fingerprint density at radius 1 is 1.37 bits per heavy atom. The van der Waals surface area contributed by atoms with Gasteiger partial charge in [0, 0.05) is 29.3 Å². The predicted molar refractivity (Wildman–Crippen MR) is 76.8 cm³/mol. The molecule has 0 atom stereocenters. The number of rotatable bonds is 1. The van der Waals surface area contributed by atoms with E-state index in [1.54, 1.807) is 25.4 Å². The summed E-state index contributed by atoms with van der Waals surface area (Å²) in [5.41, 5.74) is 8.08. The number of nitrogens with zero attached hydrogens (tertiary/aromatic N) is 2. The van der Waals surface area contributed by atoms with Crippen LogP contribution in [0.3, 0.4) is 0 Å². The molecule has 0 aliphatic rings. The molecule has 3 rings (SSSR count). The summed E-state index contributed by atoms with van der Waals surface area (Å²) in [6, 6.07) is 6.83. The Hall–Kier alpha value is -2.08. The highest BCUT2D eigenvalue weighted by Gasteiger charge is 2.12. The molecule has 2 aromatic heterocycles.